The van der Waals surface area contributed by atoms with E-state index < -0.39 is 0 Å². The molecular weight excluding hydrogens is 604 g/mol. The first-order chi connectivity index (χ1) is 23.1. The maximum Gasteiger partial charge on any atom is 0.342 e. The topological polar surface area (TPSA) is 110 Å². The van der Waals surface area contributed by atoms with Crippen LogP contribution in [0.25, 0.3) is 0 Å². The Morgan fingerprint density at radius 1 is 0.729 bits per heavy atom. The molecule has 4 aliphatic rings. The van der Waals surface area contributed by atoms with Crippen LogP contribution >= 0.6 is 0 Å². The van der Waals surface area contributed by atoms with Gasteiger partial charge in [0.15, 0.2) is 0 Å². The molecule has 2 saturated heterocycles. The molecule has 2 aliphatic carbocycles. The fraction of sp³-hybridized carbons (Fsp3) is 0.474. The first-order valence-corrected chi connectivity index (χ1v) is 17.2. The van der Waals surface area contributed by atoms with Crippen molar-refractivity contribution in [2.24, 2.45) is 9.98 Å². The molecule has 10 nitrogen and oxygen atoms in total. The van der Waals surface area contributed by atoms with Crippen LogP contribution in [-0.2, 0) is 20.3 Å². The van der Waals surface area contributed by atoms with Crippen LogP contribution in [0.3, 0.4) is 0 Å². The summed E-state index contributed by atoms with van der Waals surface area (Å²) in [7, 11) is 0. The molecule has 0 spiro atoms. The Morgan fingerprint density at radius 2 is 1.12 bits per heavy atom. The third-order valence-corrected chi connectivity index (χ3v) is 10.1. The van der Waals surface area contributed by atoms with Gasteiger partial charge in [0.05, 0.1) is 36.1 Å². The number of anilines is 2. The van der Waals surface area contributed by atoms with E-state index in [-0.39, 0.29) is 47.1 Å². The molecule has 4 atom stereocenters. The number of ether oxygens (including phenoxy) is 2. The van der Waals surface area contributed by atoms with Crippen molar-refractivity contribution in [3.63, 3.8) is 0 Å². The molecule has 0 amide bonds. The highest BCUT2D eigenvalue weighted by molar-refractivity contribution is 6.09. The Hall–Kier alpha value is -4.60. The van der Waals surface area contributed by atoms with E-state index in [4.69, 9.17) is 19.5 Å². The van der Waals surface area contributed by atoms with Crippen LogP contribution in [0.1, 0.15) is 86.2 Å². The van der Waals surface area contributed by atoms with Gasteiger partial charge < -0.3 is 19.3 Å². The fourth-order valence-corrected chi connectivity index (χ4v) is 8.04. The number of hydrogen-bond donors (Lipinski definition) is 0. The van der Waals surface area contributed by atoms with E-state index in [0.717, 1.165) is 24.3 Å². The van der Waals surface area contributed by atoms with E-state index in [9.17, 15) is 9.59 Å². The standard InChI is InChI=1S/C38H44N6O4/c1-7-39-29-21-43(33-27(11-9-17-41-33)35(45)47-23(3)4)31-19-37(29,31)25-13-15-26(16-14-25)38-20-32(38)44(22-30(38)40-8-2)34-28(12-10-18-42-34)36(46)48-24(5)6/h9-18,23-24,31-32H,7-8,19-22H2,1-6H3/t31-,32?,37+,38+/m1/s1. The van der Waals surface area contributed by atoms with Crippen LogP contribution in [0, 0.1) is 0 Å². The van der Waals surface area contributed by atoms with Gasteiger partial charge in [0, 0.05) is 49.0 Å². The average molecular weight is 649 g/mol. The van der Waals surface area contributed by atoms with Crippen molar-refractivity contribution in [2.75, 3.05) is 36.0 Å². The summed E-state index contributed by atoms with van der Waals surface area (Å²) < 4.78 is 11.1. The first kappa shape index (κ1) is 32.0. The Bertz CT molecular complexity index is 1670. The molecule has 10 heteroatoms. The number of rotatable bonds is 10. The van der Waals surface area contributed by atoms with Crippen molar-refractivity contribution in [3.05, 3.63) is 83.2 Å². The summed E-state index contributed by atoms with van der Waals surface area (Å²) in [5.41, 5.74) is 5.28. The largest absolute Gasteiger partial charge is 0.459 e. The lowest BCUT2D eigenvalue weighted by Gasteiger charge is -2.21. The Morgan fingerprint density at radius 3 is 1.48 bits per heavy atom. The second-order valence-corrected chi connectivity index (χ2v) is 13.7. The van der Waals surface area contributed by atoms with Crippen LogP contribution in [0.5, 0.6) is 0 Å². The van der Waals surface area contributed by atoms with E-state index in [0.29, 0.717) is 48.9 Å². The van der Waals surface area contributed by atoms with Gasteiger partial charge in [0.2, 0.25) is 0 Å². The third kappa shape index (κ3) is 5.07. The SMILES string of the molecule is CCN=C1CN(c2ncccc2C(=O)OC(C)C)C2C[C@]12c1ccc([C@]23C[C@H]2N(c2ncccc2C(=O)OC(C)C)CC3=NCC)cc1. The highest BCUT2D eigenvalue weighted by atomic mass is 16.5. The normalized spacial score (nSPS) is 27.1. The lowest BCUT2D eigenvalue weighted by Crippen LogP contribution is -2.28. The van der Waals surface area contributed by atoms with Crippen molar-refractivity contribution in [1.82, 2.24) is 9.97 Å². The summed E-state index contributed by atoms with van der Waals surface area (Å²) in [5, 5.41) is 0. The molecule has 2 aromatic heterocycles. The monoisotopic (exact) mass is 648 g/mol. The van der Waals surface area contributed by atoms with Gasteiger partial charge in [0.25, 0.3) is 0 Å². The van der Waals surface area contributed by atoms with Crippen LogP contribution < -0.4 is 9.80 Å². The predicted octanol–water partition coefficient (Wildman–Crippen LogP) is 5.59. The highest BCUT2D eigenvalue weighted by Gasteiger charge is 2.68. The summed E-state index contributed by atoms with van der Waals surface area (Å²) >= 11 is 0. The van der Waals surface area contributed by atoms with E-state index in [1.54, 1.807) is 36.7 Å². The number of carbonyl (C=O) groups excluding carboxylic acids is 2. The zero-order chi connectivity index (χ0) is 33.8. The smallest absolute Gasteiger partial charge is 0.342 e. The van der Waals surface area contributed by atoms with E-state index in [1.165, 1.54) is 11.1 Å². The number of pyridine rings is 2. The van der Waals surface area contributed by atoms with Crippen molar-refractivity contribution in [3.8, 4) is 0 Å². The Labute approximate surface area is 282 Å². The molecule has 250 valence electrons. The summed E-state index contributed by atoms with van der Waals surface area (Å²) in [6, 6.07) is 16.5. The van der Waals surface area contributed by atoms with Gasteiger partial charge in [-0.2, -0.15) is 0 Å². The molecule has 4 heterocycles. The summed E-state index contributed by atoms with van der Waals surface area (Å²) in [4.78, 5) is 49.9. The summed E-state index contributed by atoms with van der Waals surface area (Å²) in [6.07, 6.45) is 4.88. The maximum atomic E-state index is 13.0. The highest BCUT2D eigenvalue weighted by Crippen LogP contribution is 2.60. The molecule has 1 unspecified atom stereocenters. The molecule has 2 saturated carbocycles. The van der Waals surface area contributed by atoms with E-state index >= 15 is 0 Å². The first-order valence-electron chi connectivity index (χ1n) is 17.2. The number of piperidine rings is 2. The van der Waals surface area contributed by atoms with Crippen molar-refractivity contribution >= 4 is 35.0 Å². The molecule has 48 heavy (non-hydrogen) atoms. The van der Waals surface area contributed by atoms with Crippen molar-refractivity contribution < 1.29 is 19.1 Å². The second kappa shape index (κ2) is 12.1. The van der Waals surface area contributed by atoms with Gasteiger partial charge in [-0.25, -0.2) is 19.6 Å². The average Bonchev–Trinajstić information content (AvgIpc) is 3.95. The van der Waals surface area contributed by atoms with Gasteiger partial charge in [-0.1, -0.05) is 24.3 Å². The number of nitrogens with zero attached hydrogens (tertiary/aromatic N) is 6. The Balaban J connectivity index is 1.18. The van der Waals surface area contributed by atoms with Gasteiger partial charge >= 0.3 is 11.9 Å². The van der Waals surface area contributed by atoms with Crippen LogP contribution in [0.15, 0.2) is 70.9 Å². The predicted molar refractivity (Wildman–Crippen MR) is 187 cm³/mol. The minimum Gasteiger partial charge on any atom is -0.459 e. The lowest BCUT2D eigenvalue weighted by molar-refractivity contribution is 0.0367. The molecule has 4 fully saturated rings. The molecule has 0 N–H and O–H groups in total. The van der Waals surface area contributed by atoms with Gasteiger partial charge in [-0.3, -0.25) is 9.98 Å². The van der Waals surface area contributed by atoms with Crippen LogP contribution in [0.4, 0.5) is 11.6 Å². The summed E-state index contributed by atoms with van der Waals surface area (Å²) in [5.74, 6) is 0.607. The van der Waals surface area contributed by atoms with Crippen molar-refractivity contribution in [2.45, 2.75) is 89.5 Å². The zero-order valence-corrected chi connectivity index (χ0v) is 28.6. The van der Waals surface area contributed by atoms with Crippen molar-refractivity contribution in [1.29, 1.82) is 0 Å². The second-order valence-electron chi connectivity index (χ2n) is 13.7. The third-order valence-electron chi connectivity index (χ3n) is 10.1. The number of fused-ring (bicyclic) bond motifs is 2. The zero-order valence-electron chi connectivity index (χ0n) is 28.6. The van der Waals surface area contributed by atoms with E-state index in [1.807, 2.05) is 27.7 Å². The number of carbonyl (C=O) groups is 2. The van der Waals surface area contributed by atoms with Crippen LogP contribution in [-0.4, -0.2) is 83.8 Å². The minimum absolute atomic E-state index is 0.161. The fourth-order valence-electron chi connectivity index (χ4n) is 8.04. The molecule has 3 aromatic rings. The lowest BCUT2D eigenvalue weighted by atomic mass is 9.86. The number of benzene rings is 1. The summed E-state index contributed by atoms with van der Waals surface area (Å²) in [6.45, 7) is 14.2. The Kier molecular flexibility index (Phi) is 8.08. The minimum atomic E-state index is -0.354. The van der Waals surface area contributed by atoms with Gasteiger partial charge in [0.1, 0.15) is 22.8 Å². The van der Waals surface area contributed by atoms with Gasteiger partial charge in [-0.15, -0.1) is 0 Å². The number of hydrogen-bond acceptors (Lipinski definition) is 10. The van der Waals surface area contributed by atoms with E-state index in [2.05, 4.69) is 57.9 Å². The number of aromatic nitrogens is 2. The maximum absolute atomic E-state index is 13.0. The number of aliphatic imine (C=N–C) groups is 2. The molecule has 0 radical (unpaired) electrons. The molecule has 2 aliphatic heterocycles. The number of esters is 2. The van der Waals surface area contributed by atoms with Gasteiger partial charge in [-0.05, 0) is 89.8 Å². The molecule has 0 bridgehead atoms. The quantitative estimate of drug-likeness (QED) is 0.262. The molecular formula is C38H44N6O4. The molecule has 1 aromatic carbocycles. The van der Waals surface area contributed by atoms with Crippen LogP contribution in [0.2, 0.25) is 0 Å². The molecule has 7 rings (SSSR count).